The van der Waals surface area contributed by atoms with Gasteiger partial charge in [-0.2, -0.15) is 0 Å². The summed E-state index contributed by atoms with van der Waals surface area (Å²) >= 11 is 0. The van der Waals surface area contributed by atoms with E-state index in [0.29, 0.717) is 0 Å². The Morgan fingerprint density at radius 1 is 1.29 bits per heavy atom. The van der Waals surface area contributed by atoms with Gasteiger partial charge in [0, 0.05) is 13.2 Å². The van der Waals surface area contributed by atoms with Gasteiger partial charge in [-0.3, -0.25) is 0 Å². The first-order chi connectivity index (χ1) is 6.76. The maximum absolute atomic E-state index is 5.94. The Morgan fingerprint density at radius 2 is 1.93 bits per heavy atom. The Kier molecular flexibility index (Phi) is 4.90. The van der Waals surface area contributed by atoms with Crippen molar-refractivity contribution in [2.75, 3.05) is 20.2 Å². The first-order valence-corrected chi connectivity index (χ1v) is 6.05. The van der Waals surface area contributed by atoms with Gasteiger partial charge in [0.1, 0.15) is 0 Å². The Labute approximate surface area is 88.4 Å². The van der Waals surface area contributed by atoms with Crippen molar-refractivity contribution in [2.24, 2.45) is 5.92 Å². The first kappa shape index (κ1) is 12.0. The molecule has 0 radical (unpaired) electrons. The van der Waals surface area contributed by atoms with Crippen molar-refractivity contribution >= 4 is 0 Å². The van der Waals surface area contributed by atoms with Crippen LogP contribution in [-0.4, -0.2) is 25.8 Å². The minimum absolute atomic E-state index is 0.148. The van der Waals surface area contributed by atoms with Gasteiger partial charge in [0.15, 0.2) is 0 Å². The van der Waals surface area contributed by atoms with Gasteiger partial charge in [0.25, 0.3) is 0 Å². The number of ether oxygens (including phenoxy) is 1. The standard InChI is InChI=1S/C12H25NO/c1-4-11-6-8-12(9-7-11,10-13-3)14-5-2/h11,13H,4-10H2,1-3H3. The molecule has 1 saturated carbocycles. The fourth-order valence-electron chi connectivity index (χ4n) is 2.61. The number of nitrogens with one attached hydrogen (secondary N) is 1. The van der Waals surface area contributed by atoms with Crippen molar-refractivity contribution in [3.8, 4) is 0 Å². The van der Waals surface area contributed by atoms with Crippen LogP contribution >= 0.6 is 0 Å². The molecule has 0 bridgehead atoms. The largest absolute Gasteiger partial charge is 0.374 e. The topological polar surface area (TPSA) is 21.3 Å². The summed E-state index contributed by atoms with van der Waals surface area (Å²) in [5, 5.41) is 3.27. The first-order valence-electron chi connectivity index (χ1n) is 6.05. The predicted molar refractivity (Wildman–Crippen MR) is 60.5 cm³/mol. The van der Waals surface area contributed by atoms with E-state index in [4.69, 9.17) is 4.74 Å². The number of rotatable bonds is 5. The highest BCUT2D eigenvalue weighted by molar-refractivity contribution is 4.88. The van der Waals surface area contributed by atoms with Crippen molar-refractivity contribution in [3.63, 3.8) is 0 Å². The lowest BCUT2D eigenvalue weighted by molar-refractivity contribution is -0.0703. The van der Waals surface area contributed by atoms with Crippen LogP contribution in [0, 0.1) is 5.92 Å². The second kappa shape index (κ2) is 5.72. The maximum Gasteiger partial charge on any atom is 0.0806 e. The lowest BCUT2D eigenvalue weighted by atomic mass is 9.77. The van der Waals surface area contributed by atoms with Crippen LogP contribution in [0.15, 0.2) is 0 Å². The van der Waals surface area contributed by atoms with Crippen LogP contribution in [0.2, 0.25) is 0 Å². The highest BCUT2D eigenvalue weighted by Crippen LogP contribution is 2.35. The van der Waals surface area contributed by atoms with Crippen molar-refractivity contribution < 1.29 is 4.74 Å². The Bertz CT molecular complexity index is 142. The molecule has 2 heteroatoms. The van der Waals surface area contributed by atoms with Gasteiger partial charge in [0.05, 0.1) is 5.60 Å². The van der Waals surface area contributed by atoms with Crippen LogP contribution in [0.5, 0.6) is 0 Å². The molecule has 1 aliphatic carbocycles. The zero-order chi connectivity index (χ0) is 10.4. The molecule has 0 aliphatic heterocycles. The van der Waals surface area contributed by atoms with Crippen molar-refractivity contribution in [1.82, 2.24) is 5.32 Å². The lowest BCUT2D eigenvalue weighted by Crippen LogP contribution is -2.45. The van der Waals surface area contributed by atoms with Crippen molar-refractivity contribution in [1.29, 1.82) is 0 Å². The highest BCUT2D eigenvalue weighted by Gasteiger charge is 2.34. The summed E-state index contributed by atoms with van der Waals surface area (Å²) in [6.07, 6.45) is 6.50. The Balaban J connectivity index is 2.45. The third-order valence-corrected chi connectivity index (χ3v) is 3.54. The van der Waals surface area contributed by atoms with E-state index in [1.165, 1.54) is 32.1 Å². The summed E-state index contributed by atoms with van der Waals surface area (Å²) in [4.78, 5) is 0. The predicted octanol–water partition coefficient (Wildman–Crippen LogP) is 2.58. The van der Waals surface area contributed by atoms with Gasteiger partial charge in [-0.05, 0) is 45.6 Å². The average Bonchev–Trinajstić information content (AvgIpc) is 2.20. The summed E-state index contributed by atoms with van der Waals surface area (Å²) in [6.45, 7) is 6.26. The molecule has 0 atom stereocenters. The van der Waals surface area contributed by atoms with E-state index in [2.05, 4.69) is 19.2 Å². The summed E-state index contributed by atoms with van der Waals surface area (Å²) in [7, 11) is 2.02. The van der Waals surface area contributed by atoms with Crippen LogP contribution in [0.25, 0.3) is 0 Å². The maximum atomic E-state index is 5.94. The molecule has 0 spiro atoms. The third kappa shape index (κ3) is 2.96. The van der Waals surface area contributed by atoms with Crippen molar-refractivity contribution in [3.05, 3.63) is 0 Å². The third-order valence-electron chi connectivity index (χ3n) is 3.54. The van der Waals surface area contributed by atoms with Crippen LogP contribution in [0.1, 0.15) is 46.0 Å². The van der Waals surface area contributed by atoms with Gasteiger partial charge in [0.2, 0.25) is 0 Å². The minimum atomic E-state index is 0.148. The Morgan fingerprint density at radius 3 is 2.36 bits per heavy atom. The molecule has 1 aliphatic rings. The molecule has 0 aromatic carbocycles. The zero-order valence-electron chi connectivity index (χ0n) is 9.94. The van der Waals surface area contributed by atoms with E-state index in [-0.39, 0.29) is 5.60 Å². The molecular formula is C12H25NO. The minimum Gasteiger partial charge on any atom is -0.374 e. The molecule has 1 rings (SSSR count). The van der Waals surface area contributed by atoms with E-state index in [1.807, 2.05) is 7.05 Å². The van der Waals surface area contributed by atoms with E-state index in [0.717, 1.165) is 19.1 Å². The monoisotopic (exact) mass is 199 g/mol. The Hall–Kier alpha value is -0.0800. The van der Waals surface area contributed by atoms with Crippen LogP contribution in [0.3, 0.4) is 0 Å². The number of likely N-dealkylation sites (N-methyl/N-ethyl adjacent to an activating group) is 1. The molecule has 0 aromatic rings. The van der Waals surface area contributed by atoms with E-state index < -0.39 is 0 Å². The van der Waals surface area contributed by atoms with Gasteiger partial charge >= 0.3 is 0 Å². The van der Waals surface area contributed by atoms with E-state index in [1.54, 1.807) is 0 Å². The second-order valence-corrected chi connectivity index (χ2v) is 4.50. The zero-order valence-corrected chi connectivity index (χ0v) is 9.94. The van der Waals surface area contributed by atoms with Gasteiger partial charge in [-0.1, -0.05) is 13.3 Å². The molecule has 2 nitrogen and oxygen atoms in total. The van der Waals surface area contributed by atoms with E-state index >= 15 is 0 Å². The summed E-state index contributed by atoms with van der Waals surface area (Å²) in [5.41, 5.74) is 0.148. The molecular weight excluding hydrogens is 174 g/mol. The summed E-state index contributed by atoms with van der Waals surface area (Å²) < 4.78 is 5.94. The molecule has 1 fully saturated rings. The molecule has 1 N–H and O–H groups in total. The molecule has 84 valence electrons. The second-order valence-electron chi connectivity index (χ2n) is 4.50. The SMILES string of the molecule is CCOC1(CNC)CCC(CC)CC1. The molecule has 0 aromatic heterocycles. The van der Waals surface area contributed by atoms with Gasteiger partial charge in [-0.15, -0.1) is 0 Å². The highest BCUT2D eigenvalue weighted by atomic mass is 16.5. The molecule has 0 saturated heterocycles. The van der Waals surface area contributed by atoms with Crippen LogP contribution in [-0.2, 0) is 4.74 Å². The van der Waals surface area contributed by atoms with E-state index in [9.17, 15) is 0 Å². The van der Waals surface area contributed by atoms with Crippen LogP contribution in [0.4, 0.5) is 0 Å². The molecule has 0 unspecified atom stereocenters. The number of hydrogen-bond donors (Lipinski definition) is 1. The summed E-state index contributed by atoms with van der Waals surface area (Å²) in [5.74, 6) is 0.945. The number of hydrogen-bond acceptors (Lipinski definition) is 2. The fourth-order valence-corrected chi connectivity index (χ4v) is 2.61. The smallest absolute Gasteiger partial charge is 0.0806 e. The molecule has 14 heavy (non-hydrogen) atoms. The normalized spacial score (nSPS) is 33.2. The lowest BCUT2D eigenvalue weighted by Gasteiger charge is -2.39. The fraction of sp³-hybridized carbons (Fsp3) is 1.00. The average molecular weight is 199 g/mol. The molecule has 0 amide bonds. The van der Waals surface area contributed by atoms with Crippen molar-refractivity contribution in [2.45, 2.75) is 51.6 Å². The molecule has 0 heterocycles. The quantitative estimate of drug-likeness (QED) is 0.735. The summed E-state index contributed by atoms with van der Waals surface area (Å²) in [6, 6.07) is 0. The van der Waals surface area contributed by atoms with Gasteiger partial charge in [-0.25, -0.2) is 0 Å². The van der Waals surface area contributed by atoms with Gasteiger partial charge < -0.3 is 10.1 Å². The van der Waals surface area contributed by atoms with Crippen LogP contribution < -0.4 is 5.32 Å².